The van der Waals surface area contributed by atoms with Crippen LogP contribution in [0, 0.1) is 11.7 Å². The molecule has 6 nitrogen and oxygen atoms in total. The number of sulfonamides is 1. The van der Waals surface area contributed by atoms with Crippen molar-refractivity contribution in [3.63, 3.8) is 0 Å². The summed E-state index contributed by atoms with van der Waals surface area (Å²) in [6.45, 7) is 0.338. The number of anilines is 1. The second-order valence-electron chi connectivity index (χ2n) is 6.62. The maximum absolute atomic E-state index is 13.3. The normalized spacial score (nSPS) is 17.7. The number of benzene rings is 2. The van der Waals surface area contributed by atoms with Gasteiger partial charge in [0.15, 0.2) is 0 Å². The minimum absolute atomic E-state index is 0.0345. The van der Waals surface area contributed by atoms with Gasteiger partial charge in [0.1, 0.15) is 11.6 Å². The molecule has 1 heterocycles. The number of ether oxygens (including phenoxy) is 1. The summed E-state index contributed by atoms with van der Waals surface area (Å²) in [4.78, 5) is 12.6. The molecule has 0 spiro atoms. The van der Waals surface area contributed by atoms with Crippen molar-refractivity contribution >= 4 is 44.8 Å². The standard InChI is InChI=1S/C19H19Cl2FN2O4S/c1-28-18-7-5-14(10-16(18)21)29(26,27)24-8-2-3-12(11-24)19(25)23-13-4-6-17(22)15(20)9-13/h4-7,9-10,12H,2-3,8,11H2,1H3,(H,23,25)/t12-/m0/s1. The summed E-state index contributed by atoms with van der Waals surface area (Å²) in [6.07, 6.45) is 1.07. The van der Waals surface area contributed by atoms with Gasteiger partial charge in [-0.3, -0.25) is 4.79 Å². The second kappa shape index (κ2) is 8.87. The lowest BCUT2D eigenvalue weighted by Crippen LogP contribution is -2.43. The summed E-state index contributed by atoms with van der Waals surface area (Å²) in [5.41, 5.74) is 0.350. The quantitative estimate of drug-likeness (QED) is 0.725. The van der Waals surface area contributed by atoms with Crippen molar-refractivity contribution in [2.45, 2.75) is 17.7 Å². The first-order chi connectivity index (χ1) is 13.7. The Hall–Kier alpha value is -1.87. The van der Waals surface area contributed by atoms with E-state index in [-0.39, 0.29) is 27.4 Å². The van der Waals surface area contributed by atoms with E-state index in [1.54, 1.807) is 0 Å². The van der Waals surface area contributed by atoms with Crippen LogP contribution in [-0.4, -0.2) is 38.8 Å². The number of piperidine rings is 1. The molecule has 1 saturated heterocycles. The van der Waals surface area contributed by atoms with E-state index in [4.69, 9.17) is 27.9 Å². The predicted octanol–water partition coefficient (Wildman–Crippen LogP) is 4.18. The van der Waals surface area contributed by atoms with E-state index in [2.05, 4.69) is 5.32 Å². The molecule has 0 unspecified atom stereocenters. The van der Waals surface area contributed by atoms with E-state index in [1.807, 2.05) is 0 Å². The highest BCUT2D eigenvalue weighted by molar-refractivity contribution is 7.89. The molecule has 10 heteroatoms. The van der Waals surface area contributed by atoms with Crippen molar-refractivity contribution in [2.75, 3.05) is 25.5 Å². The Morgan fingerprint density at radius 1 is 1.21 bits per heavy atom. The van der Waals surface area contributed by atoms with Gasteiger partial charge >= 0.3 is 0 Å². The Labute approximate surface area is 178 Å². The number of nitrogens with one attached hydrogen (secondary N) is 1. The van der Waals surface area contributed by atoms with Crippen LogP contribution in [0.3, 0.4) is 0 Å². The maximum atomic E-state index is 13.3. The number of methoxy groups -OCH3 is 1. The molecule has 2 aromatic carbocycles. The molecule has 29 heavy (non-hydrogen) atoms. The Morgan fingerprint density at radius 3 is 2.62 bits per heavy atom. The Kier molecular flexibility index (Phi) is 6.68. The van der Waals surface area contributed by atoms with Crippen molar-refractivity contribution in [1.82, 2.24) is 4.31 Å². The average Bonchev–Trinajstić information content (AvgIpc) is 2.70. The highest BCUT2D eigenvalue weighted by atomic mass is 35.5. The zero-order valence-corrected chi connectivity index (χ0v) is 17.8. The van der Waals surface area contributed by atoms with Crippen LogP contribution in [0.25, 0.3) is 0 Å². The van der Waals surface area contributed by atoms with E-state index in [9.17, 15) is 17.6 Å². The molecule has 1 N–H and O–H groups in total. The van der Waals surface area contributed by atoms with Crippen LogP contribution in [-0.2, 0) is 14.8 Å². The fourth-order valence-corrected chi connectivity index (χ4v) is 5.20. The zero-order chi connectivity index (χ0) is 21.2. The lowest BCUT2D eigenvalue weighted by atomic mass is 9.99. The first-order valence-electron chi connectivity index (χ1n) is 8.82. The molecule has 0 saturated carbocycles. The van der Waals surface area contributed by atoms with Gasteiger partial charge in [-0.25, -0.2) is 12.8 Å². The molecule has 0 bridgehead atoms. The zero-order valence-electron chi connectivity index (χ0n) is 15.5. The highest BCUT2D eigenvalue weighted by Gasteiger charge is 2.33. The van der Waals surface area contributed by atoms with E-state index in [0.29, 0.717) is 30.8 Å². The minimum Gasteiger partial charge on any atom is -0.495 e. The Morgan fingerprint density at radius 2 is 1.97 bits per heavy atom. The van der Waals surface area contributed by atoms with Crippen LogP contribution in [0.15, 0.2) is 41.3 Å². The van der Waals surface area contributed by atoms with E-state index < -0.39 is 21.8 Å². The molecular formula is C19H19Cl2FN2O4S. The van der Waals surface area contributed by atoms with Crippen molar-refractivity contribution < 1.29 is 22.3 Å². The third-order valence-corrected chi connectivity index (χ3v) is 7.15. The fourth-order valence-electron chi connectivity index (χ4n) is 3.15. The van der Waals surface area contributed by atoms with Crippen molar-refractivity contribution in [3.8, 4) is 5.75 Å². The Balaban J connectivity index is 1.74. The number of rotatable bonds is 5. The lowest BCUT2D eigenvalue weighted by Gasteiger charge is -2.31. The van der Waals surface area contributed by atoms with Gasteiger partial charge in [0.2, 0.25) is 15.9 Å². The van der Waals surface area contributed by atoms with Gasteiger partial charge in [-0.2, -0.15) is 4.31 Å². The summed E-state index contributed by atoms with van der Waals surface area (Å²) in [7, 11) is -2.38. The number of nitrogens with zero attached hydrogens (tertiary/aromatic N) is 1. The maximum Gasteiger partial charge on any atom is 0.243 e. The number of carbonyl (C=O) groups is 1. The predicted molar refractivity (Wildman–Crippen MR) is 110 cm³/mol. The number of amides is 1. The summed E-state index contributed by atoms with van der Waals surface area (Å²) >= 11 is 11.8. The molecule has 3 rings (SSSR count). The molecule has 2 aromatic rings. The molecule has 0 aliphatic carbocycles. The first-order valence-corrected chi connectivity index (χ1v) is 11.0. The van der Waals surface area contributed by atoms with E-state index in [0.717, 1.165) is 6.07 Å². The largest absolute Gasteiger partial charge is 0.495 e. The molecule has 156 valence electrons. The monoisotopic (exact) mass is 460 g/mol. The summed E-state index contributed by atoms with van der Waals surface area (Å²) in [5.74, 6) is -1.10. The number of hydrogen-bond acceptors (Lipinski definition) is 4. The third kappa shape index (κ3) is 4.83. The van der Waals surface area contributed by atoms with Gasteiger partial charge in [0.25, 0.3) is 0 Å². The van der Waals surface area contributed by atoms with E-state index >= 15 is 0 Å². The van der Waals surface area contributed by atoms with Crippen LogP contribution in [0.4, 0.5) is 10.1 Å². The summed E-state index contributed by atoms with van der Waals surface area (Å²) in [5, 5.41) is 2.75. The van der Waals surface area contributed by atoms with Crippen molar-refractivity contribution in [1.29, 1.82) is 0 Å². The van der Waals surface area contributed by atoms with Gasteiger partial charge < -0.3 is 10.1 Å². The molecule has 0 radical (unpaired) electrons. The molecule has 1 aliphatic rings. The lowest BCUT2D eigenvalue weighted by molar-refractivity contribution is -0.120. The van der Waals surface area contributed by atoms with Crippen molar-refractivity contribution in [2.24, 2.45) is 5.92 Å². The second-order valence-corrected chi connectivity index (χ2v) is 9.37. The first kappa shape index (κ1) is 21.8. The fraction of sp³-hybridized carbons (Fsp3) is 0.316. The number of hydrogen-bond donors (Lipinski definition) is 1. The van der Waals surface area contributed by atoms with Gasteiger partial charge in [0.05, 0.1) is 28.0 Å². The number of halogens is 3. The molecule has 1 amide bonds. The molecule has 0 aromatic heterocycles. The molecule has 1 fully saturated rings. The highest BCUT2D eigenvalue weighted by Crippen LogP contribution is 2.30. The molecule has 1 atom stereocenters. The smallest absolute Gasteiger partial charge is 0.243 e. The average molecular weight is 461 g/mol. The molecule has 1 aliphatic heterocycles. The van der Waals surface area contributed by atoms with Crippen LogP contribution in [0.1, 0.15) is 12.8 Å². The number of carbonyl (C=O) groups excluding carboxylic acids is 1. The summed E-state index contributed by atoms with van der Waals surface area (Å²) < 4.78 is 45.6. The third-order valence-electron chi connectivity index (χ3n) is 4.70. The van der Waals surface area contributed by atoms with Crippen LogP contribution >= 0.6 is 23.2 Å². The van der Waals surface area contributed by atoms with E-state index in [1.165, 1.54) is 41.7 Å². The van der Waals surface area contributed by atoms with Gasteiger partial charge in [-0.05, 0) is 49.2 Å². The topological polar surface area (TPSA) is 75.7 Å². The van der Waals surface area contributed by atoms with Gasteiger partial charge in [-0.15, -0.1) is 0 Å². The minimum atomic E-state index is -3.82. The van der Waals surface area contributed by atoms with Crippen LogP contribution < -0.4 is 10.1 Å². The Bertz CT molecular complexity index is 1030. The van der Waals surface area contributed by atoms with Gasteiger partial charge in [0, 0.05) is 18.8 Å². The van der Waals surface area contributed by atoms with Gasteiger partial charge in [-0.1, -0.05) is 23.2 Å². The summed E-state index contributed by atoms with van der Waals surface area (Å²) in [6, 6.07) is 8.11. The van der Waals surface area contributed by atoms with Crippen LogP contribution in [0.5, 0.6) is 5.75 Å². The van der Waals surface area contributed by atoms with Crippen molar-refractivity contribution in [3.05, 3.63) is 52.3 Å². The van der Waals surface area contributed by atoms with Crippen LogP contribution in [0.2, 0.25) is 10.0 Å². The molecular weight excluding hydrogens is 442 g/mol. The SMILES string of the molecule is COc1ccc(S(=O)(=O)N2CCC[C@H](C(=O)Nc3ccc(F)c(Cl)c3)C2)cc1Cl.